The molecule has 23 heavy (non-hydrogen) atoms. The lowest BCUT2D eigenvalue weighted by atomic mass is 10.0. The summed E-state index contributed by atoms with van der Waals surface area (Å²) in [4.78, 5) is 14.4. The number of hydrogen-bond donors (Lipinski definition) is 1. The Hall–Kier alpha value is -1.37. The first kappa shape index (κ1) is 18.0. The van der Waals surface area contributed by atoms with Gasteiger partial charge in [0.25, 0.3) is 5.91 Å². The maximum Gasteiger partial charge on any atom is 0.253 e. The quantitative estimate of drug-likeness (QED) is 0.863. The fraction of sp³-hybridized carbons (Fsp3) is 0.375. The van der Waals surface area contributed by atoms with Crippen molar-refractivity contribution in [2.75, 3.05) is 13.1 Å². The molecule has 5 nitrogen and oxygen atoms in total. The maximum atomic E-state index is 12.5. The van der Waals surface area contributed by atoms with Crippen molar-refractivity contribution in [2.45, 2.75) is 25.4 Å². The van der Waals surface area contributed by atoms with Gasteiger partial charge in [-0.25, -0.2) is 0 Å². The van der Waals surface area contributed by atoms with E-state index in [1.54, 1.807) is 6.20 Å². The number of carbonyl (C=O) groups is 1. The van der Waals surface area contributed by atoms with E-state index in [-0.39, 0.29) is 18.3 Å². The summed E-state index contributed by atoms with van der Waals surface area (Å²) in [6, 6.07) is 7.93. The molecular weight excluding hydrogens is 380 g/mol. The van der Waals surface area contributed by atoms with Crippen molar-refractivity contribution in [3.63, 3.8) is 0 Å². The topological polar surface area (TPSA) is 64.2 Å². The molecule has 0 radical (unpaired) electrons. The Kier molecular flexibility index (Phi) is 6.21. The molecule has 1 aliphatic rings. The maximum absolute atomic E-state index is 12.5. The lowest BCUT2D eigenvalue weighted by Gasteiger charge is -2.32. The van der Waals surface area contributed by atoms with Crippen LogP contribution in [0.5, 0.6) is 0 Å². The second kappa shape index (κ2) is 7.95. The van der Waals surface area contributed by atoms with Crippen LogP contribution in [0, 0.1) is 0 Å². The molecule has 2 heterocycles. The van der Waals surface area contributed by atoms with Gasteiger partial charge in [-0.05, 0) is 46.5 Å². The fourth-order valence-electron chi connectivity index (χ4n) is 2.81. The first-order valence-corrected chi connectivity index (χ1v) is 8.24. The van der Waals surface area contributed by atoms with Gasteiger partial charge in [0.15, 0.2) is 0 Å². The molecule has 1 saturated heterocycles. The Bertz CT molecular complexity index is 650. The van der Waals surface area contributed by atoms with E-state index in [0.29, 0.717) is 12.6 Å². The second-order valence-corrected chi connectivity index (χ2v) is 6.48. The van der Waals surface area contributed by atoms with Gasteiger partial charge < -0.3 is 10.6 Å². The van der Waals surface area contributed by atoms with Crippen LogP contribution in [0.3, 0.4) is 0 Å². The van der Waals surface area contributed by atoms with Crippen LogP contribution < -0.4 is 5.73 Å². The minimum atomic E-state index is 0. The predicted molar refractivity (Wildman–Crippen MR) is 95.7 cm³/mol. The smallest absolute Gasteiger partial charge is 0.253 e. The number of aromatic nitrogens is 2. The van der Waals surface area contributed by atoms with Crippen LogP contribution >= 0.6 is 28.3 Å². The van der Waals surface area contributed by atoms with Gasteiger partial charge in [-0.1, -0.05) is 12.1 Å². The van der Waals surface area contributed by atoms with Gasteiger partial charge in [0.1, 0.15) is 0 Å². The van der Waals surface area contributed by atoms with Crippen LogP contribution in [-0.2, 0) is 6.54 Å². The zero-order valence-electron chi connectivity index (χ0n) is 12.7. The summed E-state index contributed by atoms with van der Waals surface area (Å²) in [5, 5.41) is 4.34. The number of likely N-dealkylation sites (tertiary alicyclic amines) is 1. The van der Waals surface area contributed by atoms with Crippen LogP contribution in [0.4, 0.5) is 0 Å². The van der Waals surface area contributed by atoms with Gasteiger partial charge in [0.05, 0.1) is 16.7 Å². The molecule has 1 aromatic heterocycles. The molecule has 1 amide bonds. The molecule has 1 aromatic carbocycles. The number of benzene rings is 1. The van der Waals surface area contributed by atoms with Gasteiger partial charge in [-0.3, -0.25) is 9.48 Å². The van der Waals surface area contributed by atoms with Gasteiger partial charge in [0, 0.05) is 31.4 Å². The second-order valence-electron chi connectivity index (χ2n) is 5.56. The molecule has 7 heteroatoms. The van der Waals surface area contributed by atoms with E-state index in [4.69, 9.17) is 5.73 Å². The van der Waals surface area contributed by atoms with E-state index < -0.39 is 0 Å². The molecule has 0 bridgehead atoms. The van der Waals surface area contributed by atoms with Crippen molar-refractivity contribution in [1.29, 1.82) is 0 Å². The van der Waals surface area contributed by atoms with Crippen molar-refractivity contribution < 1.29 is 4.79 Å². The first-order valence-electron chi connectivity index (χ1n) is 7.45. The molecule has 1 aliphatic heterocycles. The lowest BCUT2D eigenvalue weighted by Crippen LogP contribution is -2.39. The number of hydrogen-bond acceptors (Lipinski definition) is 3. The monoisotopic (exact) mass is 398 g/mol. The summed E-state index contributed by atoms with van der Waals surface area (Å²) in [5.74, 6) is 0.101. The molecule has 2 aromatic rings. The minimum absolute atomic E-state index is 0. The van der Waals surface area contributed by atoms with Crippen LogP contribution in [-0.4, -0.2) is 33.7 Å². The van der Waals surface area contributed by atoms with Crippen LogP contribution in [0.15, 0.2) is 41.1 Å². The van der Waals surface area contributed by atoms with Gasteiger partial charge >= 0.3 is 0 Å². The number of piperidine rings is 1. The molecule has 124 valence electrons. The Morgan fingerprint density at radius 1 is 1.26 bits per heavy atom. The zero-order valence-corrected chi connectivity index (χ0v) is 15.1. The van der Waals surface area contributed by atoms with Crippen LogP contribution in [0.2, 0.25) is 0 Å². The van der Waals surface area contributed by atoms with E-state index in [9.17, 15) is 4.79 Å². The molecule has 0 saturated carbocycles. The van der Waals surface area contributed by atoms with Crippen LogP contribution in [0.25, 0.3) is 0 Å². The summed E-state index contributed by atoms with van der Waals surface area (Å²) >= 11 is 3.42. The Balaban J connectivity index is 0.00000192. The summed E-state index contributed by atoms with van der Waals surface area (Å²) in [7, 11) is 0. The molecule has 3 rings (SSSR count). The highest BCUT2D eigenvalue weighted by atomic mass is 79.9. The zero-order chi connectivity index (χ0) is 15.5. The number of nitrogens with zero attached hydrogens (tertiary/aromatic N) is 3. The Labute approximate surface area is 150 Å². The van der Waals surface area contributed by atoms with Crippen molar-refractivity contribution in [1.82, 2.24) is 14.7 Å². The third kappa shape index (κ3) is 4.13. The molecule has 0 unspecified atom stereocenters. The average molecular weight is 400 g/mol. The average Bonchev–Trinajstić information content (AvgIpc) is 3.01. The third-order valence-electron chi connectivity index (χ3n) is 4.13. The Morgan fingerprint density at radius 2 is 1.91 bits per heavy atom. The molecule has 2 N–H and O–H groups in total. The van der Waals surface area contributed by atoms with E-state index in [2.05, 4.69) is 21.0 Å². The SMILES string of the molecule is Cl.NCc1ccc(C(=O)N2CCC(n3cc(Br)cn3)CC2)cc1. The van der Waals surface area contributed by atoms with Gasteiger partial charge in [-0.2, -0.15) is 5.10 Å². The predicted octanol–water partition coefficient (Wildman–Crippen LogP) is 3.00. The van der Waals surface area contributed by atoms with Gasteiger partial charge in [0.2, 0.25) is 0 Å². The molecule has 0 aliphatic carbocycles. The van der Waals surface area contributed by atoms with E-state index in [1.807, 2.05) is 40.0 Å². The summed E-state index contributed by atoms with van der Waals surface area (Å²) in [6.45, 7) is 2.03. The highest BCUT2D eigenvalue weighted by molar-refractivity contribution is 9.10. The highest BCUT2D eigenvalue weighted by Gasteiger charge is 2.24. The fourth-order valence-corrected chi connectivity index (χ4v) is 3.12. The minimum Gasteiger partial charge on any atom is -0.338 e. The van der Waals surface area contributed by atoms with Crippen molar-refractivity contribution in [3.8, 4) is 0 Å². The number of carbonyl (C=O) groups excluding carboxylic acids is 1. The highest BCUT2D eigenvalue weighted by Crippen LogP contribution is 2.24. The Morgan fingerprint density at radius 3 is 2.43 bits per heavy atom. The normalized spacial score (nSPS) is 15.3. The summed E-state index contributed by atoms with van der Waals surface area (Å²) < 4.78 is 2.98. The third-order valence-corrected chi connectivity index (χ3v) is 4.54. The standard InChI is InChI=1S/C16H19BrN4O.ClH/c17-14-10-19-21(11-14)15-5-7-20(8-6-15)16(22)13-3-1-12(9-18)2-4-13;/h1-4,10-11,15H,5-9,18H2;1H. The number of halogens is 2. The lowest BCUT2D eigenvalue weighted by molar-refractivity contribution is 0.0690. The number of amides is 1. The summed E-state index contributed by atoms with van der Waals surface area (Å²) in [6.07, 6.45) is 5.66. The molecular formula is C16H20BrClN4O. The summed E-state index contributed by atoms with van der Waals surface area (Å²) in [5.41, 5.74) is 7.36. The molecule has 0 spiro atoms. The van der Waals surface area contributed by atoms with Gasteiger partial charge in [-0.15, -0.1) is 12.4 Å². The van der Waals surface area contributed by atoms with E-state index in [1.165, 1.54) is 0 Å². The largest absolute Gasteiger partial charge is 0.338 e. The van der Waals surface area contributed by atoms with E-state index in [0.717, 1.165) is 41.5 Å². The van der Waals surface area contributed by atoms with E-state index >= 15 is 0 Å². The van der Waals surface area contributed by atoms with Crippen LogP contribution in [0.1, 0.15) is 34.8 Å². The first-order chi connectivity index (χ1) is 10.7. The molecule has 1 fully saturated rings. The van der Waals surface area contributed by atoms with Crippen molar-refractivity contribution in [3.05, 3.63) is 52.3 Å². The number of nitrogens with two attached hydrogens (primary N) is 1. The number of rotatable bonds is 3. The van der Waals surface area contributed by atoms with Crippen molar-refractivity contribution >= 4 is 34.2 Å². The van der Waals surface area contributed by atoms with Crippen molar-refractivity contribution in [2.24, 2.45) is 5.73 Å². The molecule has 0 atom stereocenters.